The van der Waals surface area contributed by atoms with Crippen LogP contribution in [0.25, 0.3) is 0 Å². The van der Waals surface area contributed by atoms with E-state index < -0.39 is 0 Å². The number of amides is 1. The number of hydrogen-bond donors (Lipinski definition) is 2. The van der Waals surface area contributed by atoms with E-state index in [9.17, 15) is 9.90 Å². The average molecular weight is 248 g/mol. The number of piperazine rings is 1. The molecule has 18 heavy (non-hydrogen) atoms. The fourth-order valence-corrected chi connectivity index (χ4v) is 2.26. The molecule has 0 radical (unpaired) electrons. The van der Waals surface area contributed by atoms with Gasteiger partial charge in [-0.05, 0) is 31.0 Å². The molecule has 1 heterocycles. The number of carbonyl (C=O) groups excluding carboxylic acids is 1. The number of rotatable bonds is 2. The number of carbonyl (C=O) groups is 1. The number of benzene rings is 1. The quantitative estimate of drug-likeness (QED) is 0.831. The first-order chi connectivity index (χ1) is 8.61. The van der Waals surface area contributed by atoms with Crippen molar-refractivity contribution in [2.24, 2.45) is 0 Å². The highest BCUT2D eigenvalue weighted by Crippen LogP contribution is 2.21. The summed E-state index contributed by atoms with van der Waals surface area (Å²) in [4.78, 5) is 14.2. The monoisotopic (exact) mass is 248 g/mol. The number of hydrogen-bond acceptors (Lipinski definition) is 3. The van der Waals surface area contributed by atoms with Crippen LogP contribution in [0.5, 0.6) is 5.75 Å². The summed E-state index contributed by atoms with van der Waals surface area (Å²) in [5, 5.41) is 13.1. The molecule has 0 aliphatic carbocycles. The molecule has 1 fully saturated rings. The Labute approximate surface area is 108 Å². The van der Waals surface area contributed by atoms with Gasteiger partial charge in [0.15, 0.2) is 0 Å². The SMILES string of the molecule is CCc1ccc(O)c(C(=O)N2CCN[C@H](C)C2)c1. The molecule has 4 heteroatoms. The molecule has 4 nitrogen and oxygen atoms in total. The van der Waals surface area contributed by atoms with Crippen molar-refractivity contribution in [3.8, 4) is 5.75 Å². The van der Waals surface area contributed by atoms with Gasteiger partial charge in [0.2, 0.25) is 0 Å². The predicted octanol–water partition coefficient (Wildman–Crippen LogP) is 1.39. The van der Waals surface area contributed by atoms with E-state index in [1.807, 2.05) is 13.0 Å². The van der Waals surface area contributed by atoms with Crippen LogP contribution in [0.4, 0.5) is 0 Å². The van der Waals surface area contributed by atoms with Crippen LogP contribution in [0.1, 0.15) is 29.8 Å². The molecule has 0 aromatic heterocycles. The van der Waals surface area contributed by atoms with Crippen molar-refractivity contribution in [3.63, 3.8) is 0 Å². The van der Waals surface area contributed by atoms with Crippen molar-refractivity contribution in [2.45, 2.75) is 26.3 Å². The minimum absolute atomic E-state index is 0.0726. The molecule has 1 aromatic carbocycles. The topological polar surface area (TPSA) is 52.6 Å². The van der Waals surface area contributed by atoms with Crippen LogP contribution in [0.2, 0.25) is 0 Å². The first kappa shape index (κ1) is 12.9. The lowest BCUT2D eigenvalue weighted by atomic mass is 10.1. The fourth-order valence-electron chi connectivity index (χ4n) is 2.26. The number of phenols is 1. The Balaban J connectivity index is 2.22. The first-order valence-electron chi connectivity index (χ1n) is 6.46. The third-order valence-corrected chi connectivity index (χ3v) is 3.36. The number of phenolic OH excluding ortho intramolecular Hbond substituents is 1. The van der Waals surface area contributed by atoms with Crippen molar-refractivity contribution in [1.82, 2.24) is 10.2 Å². The summed E-state index contributed by atoms with van der Waals surface area (Å²) in [6.45, 7) is 6.28. The molecule has 0 unspecified atom stereocenters. The van der Waals surface area contributed by atoms with Crippen LogP contribution in [-0.4, -0.2) is 41.6 Å². The Bertz CT molecular complexity index is 445. The molecule has 2 N–H and O–H groups in total. The molecule has 98 valence electrons. The number of aromatic hydroxyl groups is 1. The van der Waals surface area contributed by atoms with E-state index >= 15 is 0 Å². The fraction of sp³-hybridized carbons (Fsp3) is 0.500. The highest BCUT2D eigenvalue weighted by atomic mass is 16.3. The van der Waals surface area contributed by atoms with Gasteiger partial charge in [-0.2, -0.15) is 0 Å². The van der Waals surface area contributed by atoms with Crippen molar-refractivity contribution >= 4 is 5.91 Å². The van der Waals surface area contributed by atoms with E-state index in [4.69, 9.17) is 0 Å². The van der Waals surface area contributed by atoms with Gasteiger partial charge in [0, 0.05) is 25.7 Å². The van der Waals surface area contributed by atoms with Crippen LogP contribution in [-0.2, 0) is 6.42 Å². The van der Waals surface area contributed by atoms with E-state index in [1.54, 1.807) is 17.0 Å². The second kappa shape index (κ2) is 5.40. The lowest BCUT2D eigenvalue weighted by molar-refractivity contribution is 0.0706. The minimum atomic E-state index is -0.0730. The predicted molar refractivity (Wildman–Crippen MR) is 70.9 cm³/mol. The summed E-state index contributed by atoms with van der Waals surface area (Å²) in [7, 11) is 0. The summed E-state index contributed by atoms with van der Waals surface area (Å²) in [5.41, 5.74) is 1.49. The maximum atomic E-state index is 12.4. The molecule has 0 saturated carbocycles. The second-order valence-corrected chi connectivity index (χ2v) is 4.81. The van der Waals surface area contributed by atoms with Gasteiger partial charge < -0.3 is 15.3 Å². The van der Waals surface area contributed by atoms with Crippen molar-refractivity contribution in [3.05, 3.63) is 29.3 Å². The maximum Gasteiger partial charge on any atom is 0.257 e. The molecular formula is C14H20N2O2. The molecule has 1 atom stereocenters. The van der Waals surface area contributed by atoms with Gasteiger partial charge in [0.05, 0.1) is 5.56 Å². The van der Waals surface area contributed by atoms with Gasteiger partial charge in [-0.15, -0.1) is 0 Å². The summed E-state index contributed by atoms with van der Waals surface area (Å²) < 4.78 is 0. The van der Waals surface area contributed by atoms with E-state index in [0.29, 0.717) is 24.7 Å². The van der Waals surface area contributed by atoms with E-state index in [-0.39, 0.29) is 11.7 Å². The Hall–Kier alpha value is -1.55. The number of nitrogens with zero attached hydrogens (tertiary/aromatic N) is 1. The molecule has 1 aliphatic rings. The second-order valence-electron chi connectivity index (χ2n) is 4.81. The van der Waals surface area contributed by atoms with Gasteiger partial charge in [-0.25, -0.2) is 0 Å². The molecule has 1 aliphatic heterocycles. The Morgan fingerprint density at radius 3 is 3.00 bits per heavy atom. The summed E-state index contributed by atoms with van der Waals surface area (Å²) in [5.74, 6) is -0.000430. The van der Waals surface area contributed by atoms with Crippen molar-refractivity contribution < 1.29 is 9.90 Å². The standard InChI is InChI=1S/C14H20N2O2/c1-3-11-4-5-13(17)12(8-11)14(18)16-7-6-15-10(2)9-16/h4-5,8,10,15,17H,3,6-7,9H2,1-2H3/t10-/m1/s1. The molecule has 2 rings (SSSR count). The van der Waals surface area contributed by atoms with Gasteiger partial charge >= 0.3 is 0 Å². The third kappa shape index (κ3) is 2.64. The van der Waals surface area contributed by atoms with Gasteiger partial charge in [0.1, 0.15) is 5.75 Å². The number of aryl methyl sites for hydroxylation is 1. The molecule has 0 spiro atoms. The number of nitrogens with one attached hydrogen (secondary N) is 1. The van der Waals surface area contributed by atoms with Crippen LogP contribution in [0.3, 0.4) is 0 Å². The normalized spacial score (nSPS) is 19.9. The summed E-state index contributed by atoms with van der Waals surface area (Å²) >= 11 is 0. The largest absolute Gasteiger partial charge is 0.507 e. The lowest BCUT2D eigenvalue weighted by Crippen LogP contribution is -2.51. The molecule has 1 aromatic rings. The lowest BCUT2D eigenvalue weighted by Gasteiger charge is -2.32. The Morgan fingerprint density at radius 2 is 2.33 bits per heavy atom. The molecule has 1 saturated heterocycles. The van der Waals surface area contributed by atoms with E-state index in [1.165, 1.54) is 0 Å². The first-order valence-corrected chi connectivity index (χ1v) is 6.46. The molecule has 0 bridgehead atoms. The average Bonchev–Trinajstić information content (AvgIpc) is 2.38. The third-order valence-electron chi connectivity index (χ3n) is 3.36. The molecular weight excluding hydrogens is 228 g/mol. The zero-order valence-electron chi connectivity index (χ0n) is 10.9. The van der Waals surface area contributed by atoms with Crippen LogP contribution >= 0.6 is 0 Å². The van der Waals surface area contributed by atoms with Crippen LogP contribution < -0.4 is 5.32 Å². The van der Waals surface area contributed by atoms with Crippen LogP contribution in [0, 0.1) is 0 Å². The van der Waals surface area contributed by atoms with Gasteiger partial charge in [-0.1, -0.05) is 13.0 Å². The highest BCUT2D eigenvalue weighted by Gasteiger charge is 2.23. The van der Waals surface area contributed by atoms with Gasteiger partial charge in [-0.3, -0.25) is 4.79 Å². The molecule has 1 amide bonds. The van der Waals surface area contributed by atoms with Gasteiger partial charge in [0.25, 0.3) is 5.91 Å². The summed E-state index contributed by atoms with van der Waals surface area (Å²) in [6.07, 6.45) is 0.860. The maximum absolute atomic E-state index is 12.4. The summed E-state index contributed by atoms with van der Waals surface area (Å²) in [6, 6.07) is 5.56. The van der Waals surface area contributed by atoms with Crippen LogP contribution in [0.15, 0.2) is 18.2 Å². The van der Waals surface area contributed by atoms with E-state index in [0.717, 1.165) is 18.5 Å². The van der Waals surface area contributed by atoms with Crippen molar-refractivity contribution in [2.75, 3.05) is 19.6 Å². The zero-order chi connectivity index (χ0) is 13.1. The minimum Gasteiger partial charge on any atom is -0.507 e. The van der Waals surface area contributed by atoms with E-state index in [2.05, 4.69) is 12.2 Å². The van der Waals surface area contributed by atoms with Crippen molar-refractivity contribution in [1.29, 1.82) is 0 Å². The highest BCUT2D eigenvalue weighted by molar-refractivity contribution is 5.97. The smallest absolute Gasteiger partial charge is 0.257 e. The Morgan fingerprint density at radius 1 is 1.56 bits per heavy atom. The Kier molecular flexibility index (Phi) is 3.87. The zero-order valence-corrected chi connectivity index (χ0v) is 10.9.